The number of rotatable bonds is 8. The summed E-state index contributed by atoms with van der Waals surface area (Å²) in [5, 5.41) is 0. The summed E-state index contributed by atoms with van der Waals surface area (Å²) < 4.78 is 63.7. The molecule has 1 heterocycles. The van der Waals surface area contributed by atoms with Crippen molar-refractivity contribution in [2.75, 3.05) is 20.8 Å². The van der Waals surface area contributed by atoms with E-state index >= 15 is 0 Å². The van der Waals surface area contributed by atoms with Gasteiger partial charge in [-0.1, -0.05) is 0 Å². The lowest BCUT2D eigenvalue weighted by Gasteiger charge is -2.32. The zero-order chi connectivity index (χ0) is 25.7. The smallest absolute Gasteiger partial charge is 0.427 e. The molecule has 0 radical (unpaired) electrons. The quantitative estimate of drug-likeness (QED) is 0.345. The molecule has 12 heteroatoms. The van der Waals surface area contributed by atoms with E-state index in [1.807, 2.05) is 0 Å². The van der Waals surface area contributed by atoms with E-state index in [2.05, 4.69) is 36.8 Å². The van der Waals surface area contributed by atoms with Crippen LogP contribution < -0.4 is 14.2 Å². The molecule has 0 fully saturated rings. The largest absolute Gasteiger partial charge is 0.497 e. The number of carbonyl (C=O) groups is 1. The first-order chi connectivity index (χ1) is 15.7. The van der Waals surface area contributed by atoms with Crippen molar-refractivity contribution in [1.29, 1.82) is 0 Å². The zero-order valence-electron chi connectivity index (χ0n) is 19.2. The molecule has 2 rings (SSSR count). The Morgan fingerprint density at radius 1 is 1.09 bits per heavy atom. The molecule has 0 saturated heterocycles. The first-order valence-electron chi connectivity index (χ1n) is 9.96. The minimum atomic E-state index is -4.80. The number of hydrogen-bond acceptors (Lipinski definition) is 6. The third kappa shape index (κ3) is 7.93. The number of aromatic nitrogens is 1. The fourth-order valence-electron chi connectivity index (χ4n) is 2.78. The average molecular weight is 614 g/mol. The van der Waals surface area contributed by atoms with E-state index in [1.54, 1.807) is 39.0 Å². The Balaban J connectivity index is 2.43. The van der Waals surface area contributed by atoms with Crippen molar-refractivity contribution in [3.63, 3.8) is 0 Å². The zero-order valence-corrected chi connectivity index (χ0v) is 22.4. The second kappa shape index (κ2) is 11.5. The number of methoxy groups -OCH3 is 2. The van der Waals surface area contributed by atoms with E-state index in [0.717, 1.165) is 4.90 Å². The molecule has 1 unspecified atom stereocenters. The Morgan fingerprint density at radius 2 is 1.71 bits per heavy atom. The summed E-state index contributed by atoms with van der Waals surface area (Å²) in [6, 6.07) is 4.80. The van der Waals surface area contributed by atoms with E-state index in [-0.39, 0.29) is 21.2 Å². The van der Waals surface area contributed by atoms with Crippen LogP contribution in [0.2, 0.25) is 0 Å². The van der Waals surface area contributed by atoms with Crippen molar-refractivity contribution in [3.05, 3.63) is 45.1 Å². The number of benzene rings is 1. The van der Waals surface area contributed by atoms with E-state index in [4.69, 9.17) is 18.9 Å². The van der Waals surface area contributed by atoms with Crippen LogP contribution in [-0.2, 0) is 11.3 Å². The monoisotopic (exact) mass is 612 g/mol. The van der Waals surface area contributed by atoms with Gasteiger partial charge < -0.3 is 18.9 Å². The molecule has 0 aliphatic carbocycles. The van der Waals surface area contributed by atoms with Crippen molar-refractivity contribution in [3.8, 4) is 17.2 Å². The van der Waals surface area contributed by atoms with Gasteiger partial charge in [-0.25, -0.2) is 4.79 Å². The van der Waals surface area contributed by atoms with Gasteiger partial charge >= 0.3 is 12.3 Å². The summed E-state index contributed by atoms with van der Waals surface area (Å²) in [5.41, 5.74) is -0.466. The van der Waals surface area contributed by atoms with Crippen molar-refractivity contribution < 1.29 is 36.9 Å². The summed E-state index contributed by atoms with van der Waals surface area (Å²) in [6.07, 6.45) is -5.48. The average Bonchev–Trinajstić information content (AvgIpc) is 2.72. The number of hydrogen-bond donors (Lipinski definition) is 0. The van der Waals surface area contributed by atoms with Crippen LogP contribution >= 0.6 is 31.9 Å². The normalized spacial score (nSPS) is 12.6. The predicted molar refractivity (Wildman–Crippen MR) is 126 cm³/mol. The van der Waals surface area contributed by atoms with Crippen LogP contribution in [0.3, 0.4) is 0 Å². The maximum atomic E-state index is 14.0. The molecule has 0 bridgehead atoms. The maximum Gasteiger partial charge on any atom is 0.427 e. The standard InChI is InChI=1S/C22H25Br2F3N2O5/c1-21(2,3)34-20(30)29(11-13-6-7-14(31-4)8-17(13)32-5)12-18(22(25,26)27)33-19-15(23)9-28-10-16(19)24/h6-10,18H,11-12H2,1-5H3. The van der Waals surface area contributed by atoms with Crippen LogP contribution in [-0.4, -0.2) is 54.6 Å². The molecule has 7 nitrogen and oxygen atoms in total. The van der Waals surface area contributed by atoms with Crippen LogP contribution in [0, 0.1) is 0 Å². The van der Waals surface area contributed by atoms with Gasteiger partial charge in [0.25, 0.3) is 0 Å². The van der Waals surface area contributed by atoms with E-state index in [1.165, 1.54) is 26.6 Å². The van der Waals surface area contributed by atoms with Crippen LogP contribution in [0.1, 0.15) is 26.3 Å². The molecule has 1 aromatic heterocycles. The molecule has 0 spiro atoms. The van der Waals surface area contributed by atoms with Crippen molar-refractivity contribution >= 4 is 38.0 Å². The Kier molecular flexibility index (Phi) is 9.46. The molecule has 0 saturated carbocycles. The number of amides is 1. The predicted octanol–water partition coefficient (Wildman–Crippen LogP) is 6.37. The van der Waals surface area contributed by atoms with Gasteiger partial charge in [-0.2, -0.15) is 13.2 Å². The SMILES string of the molecule is COc1ccc(CN(CC(Oc2c(Br)cncc2Br)C(F)(F)F)C(=O)OC(C)(C)C)c(OC)c1. The van der Waals surface area contributed by atoms with Crippen LogP contribution in [0.15, 0.2) is 39.5 Å². The number of pyridine rings is 1. The summed E-state index contributed by atoms with van der Waals surface area (Å²) in [5.74, 6) is 0.744. The van der Waals surface area contributed by atoms with Gasteiger partial charge in [-0.05, 0) is 64.8 Å². The highest BCUT2D eigenvalue weighted by Gasteiger charge is 2.45. The number of alkyl halides is 3. The lowest BCUT2D eigenvalue weighted by Crippen LogP contribution is -2.48. The highest BCUT2D eigenvalue weighted by atomic mass is 79.9. The van der Waals surface area contributed by atoms with Crippen molar-refractivity contribution in [1.82, 2.24) is 9.88 Å². The Labute approximate surface area is 212 Å². The van der Waals surface area contributed by atoms with Crippen molar-refractivity contribution in [2.45, 2.75) is 45.2 Å². The summed E-state index contributed by atoms with van der Waals surface area (Å²) in [6.45, 7) is 3.81. The summed E-state index contributed by atoms with van der Waals surface area (Å²) in [7, 11) is 2.89. The Bertz CT molecular complexity index is 979. The first kappa shape index (κ1) is 28.0. The van der Waals surface area contributed by atoms with Gasteiger partial charge in [-0.15, -0.1) is 0 Å². The van der Waals surface area contributed by atoms with Gasteiger partial charge in [0.2, 0.25) is 6.10 Å². The van der Waals surface area contributed by atoms with E-state index < -0.39 is 30.5 Å². The molecule has 0 aliphatic heterocycles. The molecular formula is C22H25Br2F3N2O5. The third-order valence-corrected chi connectivity index (χ3v) is 5.46. The molecule has 1 amide bonds. The van der Waals surface area contributed by atoms with Crippen molar-refractivity contribution in [2.24, 2.45) is 0 Å². The molecule has 188 valence electrons. The van der Waals surface area contributed by atoms with Gasteiger partial charge in [0.05, 0.1) is 36.3 Å². The molecule has 1 atom stereocenters. The van der Waals surface area contributed by atoms with Crippen LogP contribution in [0.5, 0.6) is 17.2 Å². The fourth-order valence-corrected chi connectivity index (χ4v) is 3.90. The van der Waals surface area contributed by atoms with E-state index in [0.29, 0.717) is 17.1 Å². The molecule has 0 N–H and O–H groups in total. The van der Waals surface area contributed by atoms with Gasteiger partial charge in [0.1, 0.15) is 17.1 Å². The third-order valence-electron chi connectivity index (χ3n) is 4.33. The second-order valence-electron chi connectivity index (χ2n) is 8.12. The highest BCUT2D eigenvalue weighted by Crippen LogP contribution is 2.36. The minimum absolute atomic E-state index is 0.0940. The van der Waals surface area contributed by atoms with Crippen LogP contribution in [0.25, 0.3) is 0 Å². The van der Waals surface area contributed by atoms with E-state index in [9.17, 15) is 18.0 Å². The summed E-state index contributed by atoms with van der Waals surface area (Å²) >= 11 is 6.29. The van der Waals surface area contributed by atoms with Crippen LogP contribution in [0.4, 0.5) is 18.0 Å². The van der Waals surface area contributed by atoms with Gasteiger partial charge in [-0.3, -0.25) is 9.88 Å². The lowest BCUT2D eigenvalue weighted by molar-refractivity contribution is -0.199. The molecular weight excluding hydrogens is 589 g/mol. The second-order valence-corrected chi connectivity index (χ2v) is 9.83. The summed E-state index contributed by atoms with van der Waals surface area (Å²) in [4.78, 5) is 17.7. The topological polar surface area (TPSA) is 70.1 Å². The number of ether oxygens (including phenoxy) is 4. The minimum Gasteiger partial charge on any atom is -0.497 e. The highest BCUT2D eigenvalue weighted by molar-refractivity contribution is 9.11. The molecule has 34 heavy (non-hydrogen) atoms. The molecule has 2 aromatic rings. The Hall–Kier alpha value is -2.21. The fraction of sp³-hybridized carbons (Fsp3) is 0.455. The number of halogens is 5. The van der Waals surface area contributed by atoms with Gasteiger partial charge in [0, 0.05) is 24.0 Å². The lowest BCUT2D eigenvalue weighted by atomic mass is 10.1. The number of nitrogens with zero attached hydrogens (tertiary/aromatic N) is 2. The molecule has 0 aliphatic rings. The molecule has 1 aromatic carbocycles. The number of carbonyl (C=O) groups excluding carboxylic acids is 1. The maximum absolute atomic E-state index is 14.0. The Morgan fingerprint density at radius 3 is 2.21 bits per heavy atom. The first-order valence-corrected chi connectivity index (χ1v) is 11.5. The van der Waals surface area contributed by atoms with Gasteiger partial charge in [0.15, 0.2) is 5.75 Å².